The van der Waals surface area contributed by atoms with E-state index < -0.39 is 10.8 Å². The summed E-state index contributed by atoms with van der Waals surface area (Å²) in [5.74, 6) is -0.776. The molecule has 0 atom stereocenters. The van der Waals surface area contributed by atoms with Crippen LogP contribution >= 0.6 is 0 Å². The van der Waals surface area contributed by atoms with Crippen molar-refractivity contribution in [2.75, 3.05) is 20.1 Å². The summed E-state index contributed by atoms with van der Waals surface area (Å²) in [7, 11) is 2.14. The maximum absolute atomic E-state index is 12.5. The van der Waals surface area contributed by atoms with Crippen molar-refractivity contribution in [3.8, 4) is 0 Å². The Morgan fingerprint density at radius 1 is 0.871 bits per heavy atom. The van der Waals surface area contributed by atoms with Crippen LogP contribution in [0.4, 0.5) is 5.69 Å². The molecule has 0 fully saturated rings. The highest BCUT2D eigenvalue weighted by molar-refractivity contribution is 6.21. The molecule has 0 saturated carbocycles. The molecule has 0 radical (unpaired) electrons. The highest BCUT2D eigenvalue weighted by Gasteiger charge is 2.36. The van der Waals surface area contributed by atoms with Gasteiger partial charge in [-0.2, -0.15) is 0 Å². The van der Waals surface area contributed by atoms with Gasteiger partial charge in [0.2, 0.25) is 0 Å². The van der Waals surface area contributed by atoms with Gasteiger partial charge in [-0.15, -0.1) is 0 Å². The Hall–Kier alpha value is -3.06. The predicted octanol–water partition coefficient (Wildman–Crippen LogP) is 4.66. The average molecular weight is 424 g/mol. The predicted molar refractivity (Wildman–Crippen MR) is 119 cm³/mol. The lowest BCUT2D eigenvalue weighted by Crippen LogP contribution is -2.30. The fourth-order valence-corrected chi connectivity index (χ4v) is 3.93. The maximum atomic E-state index is 12.5. The molecule has 0 spiro atoms. The minimum atomic E-state index is -0.555. The van der Waals surface area contributed by atoms with E-state index in [9.17, 15) is 19.7 Å². The van der Waals surface area contributed by atoms with Crippen molar-refractivity contribution in [2.45, 2.75) is 45.1 Å². The number of rotatable bonds is 12. The topological polar surface area (TPSA) is 83.8 Å². The van der Waals surface area contributed by atoms with Gasteiger partial charge in [0, 0.05) is 25.2 Å². The van der Waals surface area contributed by atoms with Crippen molar-refractivity contribution in [1.82, 2.24) is 9.80 Å². The van der Waals surface area contributed by atoms with Crippen LogP contribution in [0.1, 0.15) is 64.8 Å². The van der Waals surface area contributed by atoms with Crippen molar-refractivity contribution in [2.24, 2.45) is 0 Å². The molecule has 7 nitrogen and oxygen atoms in total. The highest BCUT2D eigenvalue weighted by atomic mass is 16.6. The van der Waals surface area contributed by atoms with Gasteiger partial charge < -0.3 is 4.90 Å². The number of unbranched alkanes of at least 4 members (excludes halogenated alkanes) is 5. The highest BCUT2D eigenvalue weighted by Crippen LogP contribution is 2.27. The van der Waals surface area contributed by atoms with Crippen LogP contribution in [-0.2, 0) is 6.54 Å². The summed E-state index contributed by atoms with van der Waals surface area (Å²) in [4.78, 5) is 38.8. The molecule has 2 aromatic rings. The minimum Gasteiger partial charge on any atom is -0.302 e. The van der Waals surface area contributed by atoms with Gasteiger partial charge in [0.1, 0.15) is 0 Å². The number of carbonyl (C=O) groups excluding carboxylic acids is 2. The summed E-state index contributed by atoms with van der Waals surface area (Å²) >= 11 is 0. The van der Waals surface area contributed by atoms with Gasteiger partial charge in [0.25, 0.3) is 17.5 Å². The van der Waals surface area contributed by atoms with Crippen molar-refractivity contribution in [1.29, 1.82) is 0 Å². The SMILES string of the molecule is CN(CCCCCCCCN1C(=O)c2ccc([N+](=O)[O-])cc2C1=O)Cc1ccccc1. The molecule has 3 rings (SSSR count). The number of nitro groups is 1. The third kappa shape index (κ3) is 5.98. The first-order valence-electron chi connectivity index (χ1n) is 10.8. The molecule has 1 aliphatic heterocycles. The maximum Gasteiger partial charge on any atom is 0.270 e. The van der Waals surface area contributed by atoms with Gasteiger partial charge in [0.05, 0.1) is 16.1 Å². The fourth-order valence-electron chi connectivity index (χ4n) is 3.93. The molecule has 0 bridgehead atoms. The molecule has 0 saturated heterocycles. The molecule has 0 unspecified atom stereocenters. The van der Waals surface area contributed by atoms with Crippen molar-refractivity contribution in [3.63, 3.8) is 0 Å². The summed E-state index contributed by atoms with van der Waals surface area (Å²) in [6.45, 7) is 2.39. The third-order valence-electron chi connectivity index (χ3n) is 5.63. The second-order valence-electron chi connectivity index (χ2n) is 8.09. The molecule has 31 heavy (non-hydrogen) atoms. The zero-order valence-electron chi connectivity index (χ0n) is 18.0. The van der Waals surface area contributed by atoms with E-state index >= 15 is 0 Å². The van der Waals surface area contributed by atoms with Crippen LogP contribution in [-0.4, -0.2) is 46.7 Å². The molecule has 164 valence electrons. The van der Waals surface area contributed by atoms with Gasteiger partial charge in [-0.05, 0) is 38.1 Å². The van der Waals surface area contributed by atoms with E-state index in [0.717, 1.165) is 51.6 Å². The fraction of sp³-hybridized carbons (Fsp3) is 0.417. The molecule has 7 heteroatoms. The summed E-state index contributed by atoms with van der Waals surface area (Å²) in [6.07, 6.45) is 6.22. The minimum absolute atomic E-state index is 0.138. The van der Waals surface area contributed by atoms with Crippen LogP contribution < -0.4 is 0 Å². The Morgan fingerprint density at radius 3 is 2.23 bits per heavy atom. The second kappa shape index (κ2) is 10.8. The van der Waals surface area contributed by atoms with Crippen LogP contribution in [0.2, 0.25) is 0 Å². The second-order valence-corrected chi connectivity index (χ2v) is 8.09. The van der Waals surface area contributed by atoms with Crippen LogP contribution in [0.25, 0.3) is 0 Å². The number of fused-ring (bicyclic) bond motifs is 1. The molecule has 1 heterocycles. The summed E-state index contributed by atoms with van der Waals surface area (Å²) in [5, 5.41) is 10.9. The quantitative estimate of drug-likeness (QED) is 0.214. The number of benzene rings is 2. The van der Waals surface area contributed by atoms with Crippen LogP contribution in [0, 0.1) is 10.1 Å². The summed E-state index contributed by atoms with van der Waals surface area (Å²) < 4.78 is 0. The van der Waals surface area contributed by atoms with Crippen LogP contribution in [0.15, 0.2) is 48.5 Å². The first kappa shape index (κ1) is 22.6. The molecule has 2 aromatic carbocycles. The van der Waals surface area contributed by atoms with Gasteiger partial charge in [-0.3, -0.25) is 24.6 Å². The number of non-ortho nitro benzene ring substituents is 1. The molecular formula is C24H29N3O4. The molecule has 2 amide bonds. The van der Waals surface area contributed by atoms with E-state index in [0.29, 0.717) is 6.54 Å². The van der Waals surface area contributed by atoms with E-state index in [1.54, 1.807) is 0 Å². The number of imide groups is 1. The Bertz CT molecular complexity index is 930. The Balaban J connectivity index is 1.30. The van der Waals surface area contributed by atoms with Gasteiger partial charge in [-0.1, -0.05) is 56.0 Å². The van der Waals surface area contributed by atoms with Crippen molar-refractivity contribution < 1.29 is 14.5 Å². The number of amides is 2. The number of hydrogen-bond donors (Lipinski definition) is 0. The number of nitrogens with zero attached hydrogens (tertiary/aromatic N) is 3. The number of carbonyl (C=O) groups is 2. The lowest BCUT2D eigenvalue weighted by Gasteiger charge is -2.16. The van der Waals surface area contributed by atoms with E-state index in [-0.39, 0.29) is 22.7 Å². The molecule has 0 aliphatic carbocycles. The molecule has 0 N–H and O–H groups in total. The zero-order chi connectivity index (χ0) is 22.2. The van der Waals surface area contributed by atoms with Crippen molar-refractivity contribution >= 4 is 17.5 Å². The van der Waals surface area contributed by atoms with E-state index in [4.69, 9.17) is 0 Å². The van der Waals surface area contributed by atoms with Crippen molar-refractivity contribution in [3.05, 3.63) is 75.3 Å². The number of nitro benzene ring substituents is 1. The van der Waals surface area contributed by atoms with E-state index in [2.05, 4.69) is 36.2 Å². The lowest BCUT2D eigenvalue weighted by atomic mass is 10.1. The molecule has 1 aliphatic rings. The monoisotopic (exact) mass is 423 g/mol. The van der Waals surface area contributed by atoms with E-state index in [1.807, 2.05) is 6.07 Å². The zero-order valence-corrected chi connectivity index (χ0v) is 18.0. The van der Waals surface area contributed by atoms with Crippen LogP contribution in [0.3, 0.4) is 0 Å². The first-order chi connectivity index (χ1) is 15.0. The largest absolute Gasteiger partial charge is 0.302 e. The average Bonchev–Trinajstić information content (AvgIpc) is 3.00. The first-order valence-corrected chi connectivity index (χ1v) is 10.8. The van der Waals surface area contributed by atoms with Crippen LogP contribution in [0.5, 0.6) is 0 Å². The Kier molecular flexibility index (Phi) is 7.89. The van der Waals surface area contributed by atoms with Gasteiger partial charge >= 0.3 is 0 Å². The number of hydrogen-bond acceptors (Lipinski definition) is 5. The van der Waals surface area contributed by atoms with Gasteiger partial charge in [0.15, 0.2) is 0 Å². The van der Waals surface area contributed by atoms with Gasteiger partial charge in [-0.25, -0.2) is 0 Å². The smallest absolute Gasteiger partial charge is 0.270 e. The normalized spacial score (nSPS) is 13.2. The summed E-state index contributed by atoms with van der Waals surface area (Å²) in [6, 6.07) is 14.3. The lowest BCUT2D eigenvalue weighted by molar-refractivity contribution is -0.384. The standard InChI is InChI=1S/C24H29N3O4/c1-25(18-19-11-7-6-8-12-19)15-9-4-2-3-5-10-16-26-23(28)21-14-13-20(27(30)31)17-22(21)24(26)29/h6-8,11-14,17H,2-5,9-10,15-16,18H2,1H3. The Morgan fingerprint density at radius 2 is 1.52 bits per heavy atom. The Labute approximate surface area is 182 Å². The molecular weight excluding hydrogens is 394 g/mol. The third-order valence-corrected chi connectivity index (χ3v) is 5.63. The molecule has 0 aromatic heterocycles. The van der Waals surface area contributed by atoms with E-state index in [1.165, 1.54) is 28.7 Å². The summed E-state index contributed by atoms with van der Waals surface area (Å²) in [5.41, 5.74) is 1.55.